The van der Waals surface area contributed by atoms with Gasteiger partial charge in [0.1, 0.15) is 5.82 Å². The maximum Gasteiger partial charge on any atom is 0.225 e. The van der Waals surface area contributed by atoms with Gasteiger partial charge in [0.25, 0.3) is 0 Å². The van der Waals surface area contributed by atoms with Crippen molar-refractivity contribution in [2.24, 2.45) is 5.73 Å². The lowest BCUT2D eigenvalue weighted by molar-refractivity contribution is 0.563. The Morgan fingerprint density at radius 2 is 1.59 bits per heavy atom. The maximum absolute atomic E-state index is 13.1. The van der Waals surface area contributed by atoms with Gasteiger partial charge in [-0.1, -0.05) is 12.1 Å². The third-order valence-corrected chi connectivity index (χ3v) is 4.32. The lowest BCUT2D eigenvalue weighted by atomic mass is 9.87. The summed E-state index contributed by atoms with van der Waals surface area (Å²) in [6.45, 7) is 3.91. The summed E-state index contributed by atoms with van der Waals surface area (Å²) in [6, 6.07) is 6.24. The number of nitrogens with zero attached hydrogens (tertiary/aromatic N) is 3. The molecule has 1 aliphatic heterocycles. The second-order valence-electron chi connectivity index (χ2n) is 6.03. The summed E-state index contributed by atoms with van der Waals surface area (Å²) in [5, 5.41) is 0. The molecule has 22 heavy (non-hydrogen) atoms. The van der Waals surface area contributed by atoms with Gasteiger partial charge in [0.15, 0.2) is 0 Å². The molecule has 1 aromatic carbocycles. The molecular formula is C17H21FN4. The minimum absolute atomic E-state index is 0.267. The van der Waals surface area contributed by atoms with Crippen LogP contribution in [-0.2, 0) is 5.54 Å². The molecule has 0 unspecified atom stereocenters. The fourth-order valence-electron chi connectivity index (χ4n) is 2.81. The number of rotatable bonds is 3. The summed E-state index contributed by atoms with van der Waals surface area (Å²) in [7, 11) is 0. The van der Waals surface area contributed by atoms with E-state index in [4.69, 9.17) is 5.73 Å². The molecule has 116 valence electrons. The molecule has 1 saturated heterocycles. The van der Waals surface area contributed by atoms with E-state index in [1.807, 2.05) is 6.92 Å². The summed E-state index contributed by atoms with van der Waals surface area (Å²) in [5.41, 5.74) is 7.34. The molecule has 4 nitrogen and oxygen atoms in total. The normalized spacial score (nSPS) is 18.0. The zero-order valence-electron chi connectivity index (χ0n) is 12.8. The third kappa shape index (κ3) is 2.95. The van der Waals surface area contributed by atoms with Crippen molar-refractivity contribution in [3.8, 4) is 0 Å². The van der Waals surface area contributed by atoms with E-state index in [1.165, 1.54) is 31.4 Å². The number of piperidine rings is 1. The van der Waals surface area contributed by atoms with E-state index in [9.17, 15) is 4.39 Å². The van der Waals surface area contributed by atoms with Crippen molar-refractivity contribution >= 4 is 5.95 Å². The topological polar surface area (TPSA) is 55.0 Å². The minimum atomic E-state index is -0.742. The molecule has 0 amide bonds. The van der Waals surface area contributed by atoms with Crippen LogP contribution in [0.4, 0.5) is 10.3 Å². The number of benzene rings is 1. The van der Waals surface area contributed by atoms with E-state index in [0.717, 1.165) is 30.2 Å². The highest BCUT2D eigenvalue weighted by Crippen LogP contribution is 2.26. The Hall–Kier alpha value is -2.01. The van der Waals surface area contributed by atoms with Gasteiger partial charge in [-0.05, 0) is 43.9 Å². The molecule has 0 aliphatic carbocycles. The van der Waals surface area contributed by atoms with Crippen molar-refractivity contribution in [2.75, 3.05) is 18.0 Å². The van der Waals surface area contributed by atoms with E-state index in [2.05, 4.69) is 14.9 Å². The van der Waals surface area contributed by atoms with Gasteiger partial charge in [-0.25, -0.2) is 14.4 Å². The number of hydrogen-bond donors (Lipinski definition) is 1. The molecule has 1 aromatic heterocycles. The van der Waals surface area contributed by atoms with Gasteiger partial charge in [0.2, 0.25) is 5.95 Å². The van der Waals surface area contributed by atoms with Crippen molar-refractivity contribution in [3.05, 3.63) is 53.6 Å². The van der Waals surface area contributed by atoms with Gasteiger partial charge >= 0.3 is 0 Å². The SMILES string of the molecule is C[C@](N)(c1ccc(F)cc1)c1cnc(N2CCCCC2)nc1. The second kappa shape index (κ2) is 6.01. The van der Waals surface area contributed by atoms with Crippen LogP contribution in [0.3, 0.4) is 0 Å². The number of aromatic nitrogens is 2. The molecule has 0 bridgehead atoms. The largest absolute Gasteiger partial charge is 0.341 e. The van der Waals surface area contributed by atoms with Crippen LogP contribution >= 0.6 is 0 Å². The lowest BCUT2D eigenvalue weighted by Crippen LogP contribution is -2.35. The monoisotopic (exact) mass is 300 g/mol. The first-order chi connectivity index (χ1) is 10.6. The van der Waals surface area contributed by atoms with Crippen LogP contribution in [0.2, 0.25) is 0 Å². The first-order valence-corrected chi connectivity index (χ1v) is 7.70. The van der Waals surface area contributed by atoms with Gasteiger partial charge < -0.3 is 10.6 Å². The predicted molar refractivity (Wildman–Crippen MR) is 85.1 cm³/mol. The first kappa shape index (κ1) is 14.9. The van der Waals surface area contributed by atoms with E-state index in [1.54, 1.807) is 24.5 Å². The van der Waals surface area contributed by atoms with Crippen molar-refractivity contribution in [1.29, 1.82) is 0 Å². The summed E-state index contributed by atoms with van der Waals surface area (Å²) < 4.78 is 13.1. The third-order valence-electron chi connectivity index (χ3n) is 4.32. The van der Waals surface area contributed by atoms with Crippen molar-refractivity contribution in [3.63, 3.8) is 0 Å². The summed E-state index contributed by atoms with van der Waals surface area (Å²) in [5.74, 6) is 0.495. The smallest absolute Gasteiger partial charge is 0.225 e. The van der Waals surface area contributed by atoms with Gasteiger partial charge in [-0.3, -0.25) is 0 Å². The molecule has 2 aromatic rings. The Bertz CT molecular complexity index is 616. The molecular weight excluding hydrogens is 279 g/mol. The Labute approximate surface area is 130 Å². The fraction of sp³-hybridized carbons (Fsp3) is 0.412. The predicted octanol–water partition coefficient (Wildman–Crippen LogP) is 2.83. The first-order valence-electron chi connectivity index (χ1n) is 7.70. The number of hydrogen-bond acceptors (Lipinski definition) is 4. The number of nitrogens with two attached hydrogens (primary N) is 1. The number of anilines is 1. The summed E-state index contributed by atoms with van der Waals surface area (Å²) >= 11 is 0. The van der Waals surface area contributed by atoms with Gasteiger partial charge in [0, 0.05) is 31.0 Å². The van der Waals surface area contributed by atoms with Crippen LogP contribution in [0.25, 0.3) is 0 Å². The highest BCUT2D eigenvalue weighted by atomic mass is 19.1. The van der Waals surface area contributed by atoms with E-state index >= 15 is 0 Å². The number of halogens is 1. The van der Waals surface area contributed by atoms with E-state index in [0.29, 0.717) is 0 Å². The molecule has 0 saturated carbocycles. The van der Waals surface area contributed by atoms with Gasteiger partial charge in [0.05, 0.1) is 5.54 Å². The van der Waals surface area contributed by atoms with Gasteiger partial charge in [-0.2, -0.15) is 0 Å². The highest BCUT2D eigenvalue weighted by Gasteiger charge is 2.25. The van der Waals surface area contributed by atoms with Crippen molar-refractivity contribution in [1.82, 2.24) is 9.97 Å². The molecule has 1 atom stereocenters. The Morgan fingerprint density at radius 3 is 2.18 bits per heavy atom. The Morgan fingerprint density at radius 1 is 1.00 bits per heavy atom. The quantitative estimate of drug-likeness (QED) is 0.947. The molecule has 0 spiro atoms. The van der Waals surface area contributed by atoms with Crippen LogP contribution in [0.1, 0.15) is 37.3 Å². The molecule has 1 fully saturated rings. The van der Waals surface area contributed by atoms with E-state index in [-0.39, 0.29) is 5.82 Å². The average Bonchev–Trinajstić information content (AvgIpc) is 2.56. The zero-order valence-corrected chi connectivity index (χ0v) is 12.8. The van der Waals surface area contributed by atoms with Crippen LogP contribution in [-0.4, -0.2) is 23.1 Å². The summed E-state index contributed by atoms with van der Waals surface area (Å²) in [6.07, 6.45) is 7.21. The lowest BCUT2D eigenvalue weighted by Gasteiger charge is -2.28. The zero-order chi connectivity index (χ0) is 15.6. The molecule has 2 heterocycles. The van der Waals surface area contributed by atoms with Crippen LogP contribution in [0.15, 0.2) is 36.7 Å². The Kier molecular flexibility index (Phi) is 4.07. The molecule has 1 aliphatic rings. The van der Waals surface area contributed by atoms with Crippen molar-refractivity contribution in [2.45, 2.75) is 31.7 Å². The highest BCUT2D eigenvalue weighted by molar-refractivity contribution is 5.37. The molecule has 0 radical (unpaired) electrons. The second-order valence-corrected chi connectivity index (χ2v) is 6.03. The van der Waals surface area contributed by atoms with Crippen molar-refractivity contribution < 1.29 is 4.39 Å². The average molecular weight is 300 g/mol. The van der Waals surface area contributed by atoms with Crippen LogP contribution in [0.5, 0.6) is 0 Å². The van der Waals surface area contributed by atoms with E-state index < -0.39 is 5.54 Å². The maximum atomic E-state index is 13.1. The standard InChI is InChI=1S/C17H21FN4/c1-17(19,13-5-7-15(18)8-6-13)14-11-20-16(21-12-14)22-9-3-2-4-10-22/h5-8,11-12H,2-4,9-10,19H2,1H3/t17-/m0/s1. The molecule has 3 rings (SSSR count). The van der Waals surface area contributed by atoms with Crippen LogP contribution in [0, 0.1) is 5.82 Å². The molecule has 5 heteroatoms. The Balaban J connectivity index is 1.83. The van der Waals surface area contributed by atoms with Crippen LogP contribution < -0.4 is 10.6 Å². The summed E-state index contributed by atoms with van der Waals surface area (Å²) in [4.78, 5) is 11.2. The minimum Gasteiger partial charge on any atom is -0.341 e. The van der Waals surface area contributed by atoms with Gasteiger partial charge in [-0.15, -0.1) is 0 Å². The molecule has 2 N–H and O–H groups in total. The fourth-order valence-corrected chi connectivity index (χ4v) is 2.81.